The lowest BCUT2D eigenvalue weighted by molar-refractivity contribution is 0.0747. The summed E-state index contributed by atoms with van der Waals surface area (Å²) in [4.78, 5) is 30.4. The van der Waals surface area contributed by atoms with Crippen LogP contribution in [-0.2, 0) is 6.42 Å². The molecular formula is C12H16ClFN4O3. The third-order valence-electron chi connectivity index (χ3n) is 3.43. The molecule has 1 fully saturated rings. The minimum absolute atomic E-state index is 0.0321. The van der Waals surface area contributed by atoms with Crippen molar-refractivity contribution in [1.29, 1.82) is 0 Å². The molecule has 1 aromatic rings. The van der Waals surface area contributed by atoms with Crippen molar-refractivity contribution in [2.45, 2.75) is 32.0 Å². The highest BCUT2D eigenvalue weighted by atomic mass is 35.5. The second-order valence-corrected chi connectivity index (χ2v) is 5.18. The number of halogens is 2. The van der Waals surface area contributed by atoms with Gasteiger partial charge in [-0.25, -0.2) is 14.2 Å². The molecule has 3 N–H and O–H groups in total. The number of amides is 2. The summed E-state index contributed by atoms with van der Waals surface area (Å²) in [7, 11) is 0. The minimum Gasteiger partial charge on any atom is -0.465 e. The summed E-state index contributed by atoms with van der Waals surface area (Å²) >= 11 is 5.85. The SMILES string of the molecule is CCc1[nH]c(C(=O)N[C@H]2CCN(C(=O)O)C[C@@H]2F)nc1Cl. The van der Waals surface area contributed by atoms with Crippen LogP contribution in [0.15, 0.2) is 0 Å². The first kappa shape index (κ1) is 15.6. The number of H-pyrrole nitrogens is 1. The molecule has 2 heterocycles. The first-order valence-corrected chi connectivity index (χ1v) is 6.97. The normalized spacial score (nSPS) is 22.1. The first-order chi connectivity index (χ1) is 9.92. The number of rotatable bonds is 3. The first-order valence-electron chi connectivity index (χ1n) is 6.59. The average Bonchev–Trinajstić information content (AvgIpc) is 2.82. The number of carbonyl (C=O) groups is 2. The summed E-state index contributed by atoms with van der Waals surface area (Å²) in [6.07, 6.45) is -1.79. The number of alkyl halides is 1. The van der Waals surface area contributed by atoms with E-state index in [0.29, 0.717) is 12.1 Å². The maximum Gasteiger partial charge on any atom is 0.407 e. The molecule has 0 unspecified atom stereocenters. The van der Waals surface area contributed by atoms with E-state index >= 15 is 0 Å². The highest BCUT2D eigenvalue weighted by Gasteiger charge is 2.33. The number of hydrogen-bond donors (Lipinski definition) is 3. The standard InChI is InChI=1S/C12H16ClFN4O3/c1-2-7-9(13)17-10(15-7)11(19)16-8-3-4-18(12(20)21)5-6(8)14/h6,8H,2-5H2,1H3,(H,15,17)(H,16,19)(H,20,21)/t6-,8-/m0/s1. The Kier molecular flexibility index (Phi) is 4.66. The number of likely N-dealkylation sites (tertiary alicyclic amines) is 1. The van der Waals surface area contributed by atoms with Crippen molar-refractivity contribution in [1.82, 2.24) is 20.2 Å². The number of imidazole rings is 1. The molecular weight excluding hydrogens is 303 g/mol. The van der Waals surface area contributed by atoms with Crippen LogP contribution in [0.3, 0.4) is 0 Å². The van der Waals surface area contributed by atoms with Gasteiger partial charge in [0.1, 0.15) is 6.17 Å². The van der Waals surface area contributed by atoms with Gasteiger partial charge in [0.15, 0.2) is 11.0 Å². The molecule has 2 rings (SSSR count). The van der Waals surface area contributed by atoms with Gasteiger partial charge >= 0.3 is 6.09 Å². The Morgan fingerprint density at radius 3 is 2.86 bits per heavy atom. The van der Waals surface area contributed by atoms with E-state index in [1.54, 1.807) is 0 Å². The van der Waals surface area contributed by atoms with Crippen LogP contribution >= 0.6 is 11.6 Å². The zero-order valence-corrected chi connectivity index (χ0v) is 12.2. The molecule has 0 saturated carbocycles. The van der Waals surface area contributed by atoms with Crippen LogP contribution in [0.5, 0.6) is 0 Å². The summed E-state index contributed by atoms with van der Waals surface area (Å²) in [5.74, 6) is -0.516. The van der Waals surface area contributed by atoms with Crippen molar-refractivity contribution >= 4 is 23.6 Å². The zero-order valence-electron chi connectivity index (χ0n) is 11.4. The zero-order chi connectivity index (χ0) is 15.6. The molecule has 0 aliphatic carbocycles. The number of aryl methyl sites for hydroxylation is 1. The van der Waals surface area contributed by atoms with E-state index in [1.165, 1.54) is 0 Å². The van der Waals surface area contributed by atoms with Crippen LogP contribution < -0.4 is 5.32 Å². The average molecular weight is 319 g/mol. The Bertz CT molecular complexity index is 551. The van der Waals surface area contributed by atoms with Crippen LogP contribution in [0.1, 0.15) is 29.7 Å². The second kappa shape index (κ2) is 6.30. The van der Waals surface area contributed by atoms with Gasteiger partial charge in [0, 0.05) is 6.54 Å². The van der Waals surface area contributed by atoms with E-state index in [1.807, 2.05) is 6.92 Å². The molecule has 116 valence electrons. The molecule has 1 aliphatic heterocycles. The lowest BCUT2D eigenvalue weighted by Crippen LogP contribution is -2.53. The maximum absolute atomic E-state index is 13.9. The molecule has 1 saturated heterocycles. The van der Waals surface area contributed by atoms with Gasteiger partial charge < -0.3 is 20.3 Å². The van der Waals surface area contributed by atoms with Crippen molar-refractivity contribution in [2.75, 3.05) is 13.1 Å². The quantitative estimate of drug-likeness (QED) is 0.785. The van der Waals surface area contributed by atoms with Crippen molar-refractivity contribution < 1.29 is 19.1 Å². The smallest absolute Gasteiger partial charge is 0.407 e. The van der Waals surface area contributed by atoms with Crippen molar-refractivity contribution in [3.63, 3.8) is 0 Å². The van der Waals surface area contributed by atoms with Gasteiger partial charge in [-0.3, -0.25) is 4.79 Å². The fraction of sp³-hybridized carbons (Fsp3) is 0.583. The number of nitrogens with zero attached hydrogens (tertiary/aromatic N) is 2. The number of carboxylic acid groups (broad SMARTS) is 1. The maximum atomic E-state index is 13.9. The largest absolute Gasteiger partial charge is 0.465 e. The van der Waals surface area contributed by atoms with Gasteiger partial charge in [-0.2, -0.15) is 0 Å². The number of hydrogen-bond acceptors (Lipinski definition) is 3. The van der Waals surface area contributed by atoms with E-state index in [2.05, 4.69) is 15.3 Å². The number of aromatic nitrogens is 2. The summed E-state index contributed by atoms with van der Waals surface area (Å²) < 4.78 is 13.9. The minimum atomic E-state index is -1.45. The molecule has 9 heteroatoms. The fourth-order valence-corrected chi connectivity index (χ4v) is 2.47. The van der Waals surface area contributed by atoms with E-state index < -0.39 is 24.2 Å². The van der Waals surface area contributed by atoms with Crippen LogP contribution in [0.4, 0.5) is 9.18 Å². The van der Waals surface area contributed by atoms with E-state index in [9.17, 15) is 14.0 Å². The van der Waals surface area contributed by atoms with Crippen molar-refractivity contribution in [3.05, 3.63) is 16.7 Å². The fourth-order valence-electron chi connectivity index (χ4n) is 2.21. The molecule has 7 nitrogen and oxygen atoms in total. The molecule has 2 atom stereocenters. The molecule has 2 amide bonds. The van der Waals surface area contributed by atoms with Gasteiger partial charge in [-0.15, -0.1) is 0 Å². The predicted molar refractivity (Wildman–Crippen MR) is 73.3 cm³/mol. The third kappa shape index (κ3) is 3.44. The monoisotopic (exact) mass is 318 g/mol. The molecule has 1 aromatic heterocycles. The van der Waals surface area contributed by atoms with Gasteiger partial charge in [-0.05, 0) is 12.8 Å². The molecule has 0 spiro atoms. The van der Waals surface area contributed by atoms with Gasteiger partial charge in [0.05, 0.1) is 18.3 Å². The number of nitrogens with one attached hydrogen (secondary N) is 2. The number of aromatic amines is 1. The lowest BCUT2D eigenvalue weighted by atomic mass is 10.0. The summed E-state index contributed by atoms with van der Waals surface area (Å²) in [5.41, 5.74) is 0.638. The van der Waals surface area contributed by atoms with Gasteiger partial charge in [0.25, 0.3) is 5.91 Å². The van der Waals surface area contributed by atoms with Crippen molar-refractivity contribution in [3.8, 4) is 0 Å². The molecule has 21 heavy (non-hydrogen) atoms. The Morgan fingerprint density at radius 1 is 1.62 bits per heavy atom. The van der Waals surface area contributed by atoms with Crippen molar-refractivity contribution in [2.24, 2.45) is 0 Å². The topological polar surface area (TPSA) is 98.3 Å². The Labute approximate surface area is 125 Å². The van der Waals surface area contributed by atoms with E-state index in [-0.39, 0.29) is 30.5 Å². The molecule has 1 aliphatic rings. The van der Waals surface area contributed by atoms with Crippen LogP contribution in [-0.4, -0.2) is 57.3 Å². The van der Waals surface area contributed by atoms with Crippen LogP contribution in [0, 0.1) is 0 Å². The third-order valence-corrected chi connectivity index (χ3v) is 3.74. The predicted octanol–water partition coefficient (Wildman–Crippen LogP) is 1.45. The Hall–Kier alpha value is -1.83. The van der Waals surface area contributed by atoms with Crippen LogP contribution in [0.2, 0.25) is 5.15 Å². The molecule has 0 bridgehead atoms. The Morgan fingerprint density at radius 2 is 2.33 bits per heavy atom. The number of piperidine rings is 1. The van der Waals surface area contributed by atoms with Crippen LogP contribution in [0.25, 0.3) is 0 Å². The van der Waals surface area contributed by atoms with E-state index in [0.717, 1.165) is 4.90 Å². The Balaban J connectivity index is 1.98. The second-order valence-electron chi connectivity index (χ2n) is 4.82. The van der Waals surface area contributed by atoms with Gasteiger partial charge in [0.2, 0.25) is 0 Å². The summed E-state index contributed by atoms with van der Waals surface area (Å²) in [6.45, 7) is 1.79. The molecule has 0 aromatic carbocycles. The summed E-state index contributed by atoms with van der Waals surface area (Å²) in [6, 6.07) is -0.734. The summed E-state index contributed by atoms with van der Waals surface area (Å²) in [5, 5.41) is 11.6. The lowest BCUT2D eigenvalue weighted by Gasteiger charge is -2.33. The highest BCUT2D eigenvalue weighted by Crippen LogP contribution is 2.16. The molecule has 0 radical (unpaired) electrons. The number of carbonyl (C=O) groups excluding carboxylic acids is 1. The highest BCUT2D eigenvalue weighted by molar-refractivity contribution is 6.30. The van der Waals surface area contributed by atoms with E-state index in [4.69, 9.17) is 16.7 Å². The van der Waals surface area contributed by atoms with Gasteiger partial charge in [-0.1, -0.05) is 18.5 Å².